The van der Waals surface area contributed by atoms with Gasteiger partial charge in [0.1, 0.15) is 62.3 Å². The molecule has 0 bridgehead atoms. The maximum absolute atomic E-state index is 10.5. The van der Waals surface area contributed by atoms with Crippen LogP contribution in [-0.2, 0) is 19.8 Å². The van der Waals surface area contributed by atoms with Crippen LogP contribution in [0.3, 0.4) is 0 Å². The van der Waals surface area contributed by atoms with Gasteiger partial charge in [-0.05, 0) is 60.5 Å². The molecule has 50 heavy (non-hydrogen) atoms. The van der Waals surface area contributed by atoms with Gasteiger partial charge in [-0.3, -0.25) is 9.88 Å². The van der Waals surface area contributed by atoms with E-state index in [1.54, 1.807) is 36.3 Å². The van der Waals surface area contributed by atoms with Crippen molar-refractivity contribution in [2.75, 3.05) is 33.4 Å². The first-order valence-electron chi connectivity index (χ1n) is 16.0. The Labute approximate surface area is 295 Å². The highest BCUT2D eigenvalue weighted by atomic mass is 35.5. The van der Waals surface area contributed by atoms with Crippen molar-refractivity contribution < 1.29 is 44.5 Å². The molecule has 0 radical (unpaired) electrons. The first-order valence-corrected chi connectivity index (χ1v) is 16.4. The first-order chi connectivity index (χ1) is 24.1. The van der Waals surface area contributed by atoms with Gasteiger partial charge in [-0.2, -0.15) is 5.26 Å². The predicted molar refractivity (Wildman–Crippen MR) is 184 cm³/mol. The highest BCUT2D eigenvalue weighted by Gasteiger charge is 2.31. The number of aliphatic hydroxyl groups excluding tert-OH is 5. The number of fused-ring (bicyclic) bond motifs is 1. The first kappa shape index (κ1) is 36.8. The van der Waals surface area contributed by atoms with Gasteiger partial charge in [0, 0.05) is 42.7 Å². The normalized spacial score (nSPS) is 14.8. The lowest BCUT2D eigenvalue weighted by molar-refractivity contribution is -0.118. The molecule has 2 heterocycles. The van der Waals surface area contributed by atoms with Gasteiger partial charge in [0.25, 0.3) is 0 Å². The molecule has 13 heteroatoms. The summed E-state index contributed by atoms with van der Waals surface area (Å²) in [4.78, 5) is 5.77. The Morgan fingerprint density at radius 3 is 2.40 bits per heavy atom. The largest absolute Gasteiger partial charge is 0.488 e. The summed E-state index contributed by atoms with van der Waals surface area (Å²) in [5.74, 6) is 2.22. The Balaban J connectivity index is 1.35. The number of aliphatic hydroxyl groups is 5. The zero-order valence-corrected chi connectivity index (χ0v) is 28.5. The van der Waals surface area contributed by atoms with Crippen LogP contribution in [0.2, 0.25) is 5.02 Å². The van der Waals surface area contributed by atoms with E-state index in [1.807, 2.05) is 43.3 Å². The molecular weight excluding hydrogens is 666 g/mol. The van der Waals surface area contributed by atoms with Crippen LogP contribution >= 0.6 is 11.6 Å². The number of rotatable bonds is 15. The standard InChI is InChI=1S/C37H40ClN3O9/c1-22-26(4-3-5-28(22)25-6-7-32-35(12-25)48-9-8-47-32)21-50-34-13-33(49-20-24-10-23(14-39)15-40-16-24)27(11-29(34)38)17-41(2)18-30(43)36(45)37(46)31(44)19-42/h3-7,10-13,15-16,30-31,36-37,42-46H,8-9,17-21H2,1-2H3/t30-,31+,36+,37+/m0/s1. The number of hydrogen-bond acceptors (Lipinski definition) is 12. The maximum Gasteiger partial charge on any atom is 0.161 e. The van der Waals surface area contributed by atoms with Crippen LogP contribution in [0, 0.1) is 18.3 Å². The van der Waals surface area contributed by atoms with E-state index in [4.69, 9.17) is 35.7 Å². The lowest BCUT2D eigenvalue weighted by atomic mass is 9.96. The number of nitrogens with zero attached hydrogens (tertiary/aromatic N) is 3. The third-order valence-corrected chi connectivity index (χ3v) is 8.68. The Morgan fingerprint density at radius 2 is 1.64 bits per heavy atom. The Morgan fingerprint density at radius 1 is 0.900 bits per heavy atom. The van der Waals surface area contributed by atoms with E-state index < -0.39 is 31.0 Å². The van der Waals surface area contributed by atoms with Crippen LogP contribution in [-0.4, -0.2) is 93.2 Å². The number of nitriles is 1. The molecule has 0 saturated carbocycles. The minimum atomic E-state index is -1.74. The minimum Gasteiger partial charge on any atom is -0.488 e. The molecule has 1 aliphatic rings. The summed E-state index contributed by atoms with van der Waals surface area (Å²) >= 11 is 6.75. The van der Waals surface area contributed by atoms with Crippen molar-refractivity contribution in [2.24, 2.45) is 0 Å². The molecule has 0 aliphatic carbocycles. The van der Waals surface area contributed by atoms with Crippen LogP contribution in [0.1, 0.15) is 27.8 Å². The van der Waals surface area contributed by atoms with Crippen molar-refractivity contribution in [3.63, 3.8) is 0 Å². The molecule has 5 N–H and O–H groups in total. The third-order valence-electron chi connectivity index (χ3n) is 8.38. The summed E-state index contributed by atoms with van der Waals surface area (Å²) < 4.78 is 23.9. The lowest BCUT2D eigenvalue weighted by Gasteiger charge is -2.29. The van der Waals surface area contributed by atoms with Gasteiger partial charge < -0.3 is 44.5 Å². The Hall–Kier alpha value is -4.45. The van der Waals surface area contributed by atoms with Gasteiger partial charge in [0.2, 0.25) is 0 Å². The molecule has 264 valence electrons. The summed E-state index contributed by atoms with van der Waals surface area (Å²) in [7, 11) is 1.69. The summed E-state index contributed by atoms with van der Waals surface area (Å²) in [6, 6.07) is 19.0. The molecule has 0 unspecified atom stereocenters. The maximum atomic E-state index is 10.5. The molecule has 0 saturated heterocycles. The average Bonchev–Trinajstić information content (AvgIpc) is 3.13. The van der Waals surface area contributed by atoms with Gasteiger partial charge in [-0.15, -0.1) is 0 Å². The average molecular weight is 706 g/mol. The van der Waals surface area contributed by atoms with E-state index in [9.17, 15) is 25.7 Å². The van der Waals surface area contributed by atoms with Crippen LogP contribution in [0.4, 0.5) is 0 Å². The number of aromatic nitrogens is 1. The molecule has 0 amide bonds. The molecule has 4 atom stereocenters. The number of likely N-dealkylation sites (N-methyl/N-ethyl adjacent to an activating group) is 1. The van der Waals surface area contributed by atoms with Gasteiger partial charge in [0.05, 0.1) is 23.3 Å². The van der Waals surface area contributed by atoms with Crippen molar-refractivity contribution in [3.05, 3.63) is 99.8 Å². The fourth-order valence-electron chi connectivity index (χ4n) is 5.60. The monoisotopic (exact) mass is 705 g/mol. The van der Waals surface area contributed by atoms with E-state index in [1.165, 1.54) is 6.20 Å². The van der Waals surface area contributed by atoms with Gasteiger partial charge in [-0.25, -0.2) is 0 Å². The summed E-state index contributed by atoms with van der Waals surface area (Å²) in [5.41, 5.74) is 5.67. The Bertz CT molecular complexity index is 1820. The highest BCUT2D eigenvalue weighted by molar-refractivity contribution is 6.32. The van der Waals surface area contributed by atoms with Crippen LogP contribution in [0.5, 0.6) is 23.0 Å². The summed E-state index contributed by atoms with van der Waals surface area (Å²) in [6.07, 6.45) is -3.44. The second-order valence-electron chi connectivity index (χ2n) is 12.1. The predicted octanol–water partition coefficient (Wildman–Crippen LogP) is 3.38. The zero-order valence-electron chi connectivity index (χ0n) is 27.7. The molecule has 0 spiro atoms. The number of halogens is 1. The molecule has 4 aromatic rings. The highest BCUT2D eigenvalue weighted by Crippen LogP contribution is 2.38. The van der Waals surface area contributed by atoms with Crippen LogP contribution < -0.4 is 18.9 Å². The quantitative estimate of drug-likeness (QED) is 0.122. The van der Waals surface area contributed by atoms with Crippen LogP contribution in [0.25, 0.3) is 11.1 Å². The fourth-order valence-corrected chi connectivity index (χ4v) is 5.84. The summed E-state index contributed by atoms with van der Waals surface area (Å²) in [5, 5.41) is 59.2. The second-order valence-corrected chi connectivity index (χ2v) is 12.5. The van der Waals surface area contributed by atoms with E-state index in [-0.39, 0.29) is 26.3 Å². The van der Waals surface area contributed by atoms with Gasteiger partial charge in [0.15, 0.2) is 11.5 Å². The zero-order chi connectivity index (χ0) is 35.8. The minimum absolute atomic E-state index is 0.0869. The lowest BCUT2D eigenvalue weighted by Crippen LogP contribution is -2.49. The number of pyridine rings is 1. The van der Waals surface area contributed by atoms with Crippen molar-refractivity contribution >= 4 is 11.6 Å². The fraction of sp³-hybridized carbons (Fsp3) is 0.351. The molecular formula is C37H40ClN3O9. The molecule has 5 rings (SSSR count). The molecule has 12 nitrogen and oxygen atoms in total. The van der Waals surface area contributed by atoms with E-state index >= 15 is 0 Å². The molecule has 0 fully saturated rings. The smallest absolute Gasteiger partial charge is 0.161 e. The van der Waals surface area contributed by atoms with E-state index in [2.05, 4.69) is 11.1 Å². The number of benzene rings is 3. The van der Waals surface area contributed by atoms with Crippen LogP contribution in [0.15, 0.2) is 67.0 Å². The Kier molecular flexibility index (Phi) is 12.5. The van der Waals surface area contributed by atoms with E-state index in [0.717, 1.165) is 28.0 Å². The SMILES string of the molecule is Cc1c(COc2cc(OCc3cncc(C#N)c3)c(CN(C)C[C@H](O)[C@@H](O)[C@H](O)[C@H](O)CO)cc2Cl)cccc1-c1ccc2c(c1)OCCO2. The van der Waals surface area contributed by atoms with Crippen molar-refractivity contribution in [2.45, 2.75) is 51.1 Å². The third kappa shape index (κ3) is 9.01. The van der Waals surface area contributed by atoms with Gasteiger partial charge >= 0.3 is 0 Å². The van der Waals surface area contributed by atoms with Crippen molar-refractivity contribution in [1.29, 1.82) is 5.26 Å². The summed E-state index contributed by atoms with van der Waals surface area (Å²) in [6.45, 7) is 2.67. The van der Waals surface area contributed by atoms with Gasteiger partial charge in [-0.1, -0.05) is 35.9 Å². The molecule has 1 aromatic heterocycles. The molecule has 1 aliphatic heterocycles. The van der Waals surface area contributed by atoms with E-state index in [0.29, 0.717) is 52.2 Å². The van der Waals surface area contributed by atoms with Crippen molar-refractivity contribution in [1.82, 2.24) is 9.88 Å². The molecule has 3 aromatic carbocycles. The second kappa shape index (κ2) is 17.0. The topological polar surface area (TPSA) is 178 Å². The number of ether oxygens (including phenoxy) is 4. The number of hydrogen-bond donors (Lipinski definition) is 5. The van der Waals surface area contributed by atoms with Crippen molar-refractivity contribution in [3.8, 4) is 40.2 Å².